The predicted octanol–water partition coefficient (Wildman–Crippen LogP) is 6.65. The highest BCUT2D eigenvalue weighted by Gasteiger charge is 2.25. The fourth-order valence-electron chi connectivity index (χ4n) is 2.63. The highest BCUT2D eigenvalue weighted by Crippen LogP contribution is 2.35. The third-order valence-corrected chi connectivity index (χ3v) is 6.41. The third kappa shape index (κ3) is 3.84. The molecule has 4 rings (SSSR count). The zero-order valence-electron chi connectivity index (χ0n) is 13.7. The Balaban J connectivity index is 1.79. The fraction of sp³-hybridized carbons (Fsp3) is 0.0526. The Labute approximate surface area is 172 Å². The van der Waals surface area contributed by atoms with Crippen molar-refractivity contribution in [3.8, 4) is 0 Å². The van der Waals surface area contributed by atoms with Gasteiger partial charge in [-0.3, -0.25) is 9.69 Å². The van der Waals surface area contributed by atoms with Gasteiger partial charge < -0.3 is 0 Å². The SMILES string of the molecule is O=C(c1cc(Cl)sc1Cl)N(Cc1ccccc1)c1nc2ccc(F)cc2s1. The normalized spacial score (nSPS) is 11.1. The molecule has 0 unspecified atom stereocenters. The number of anilines is 1. The molecule has 0 aliphatic rings. The molecule has 0 fully saturated rings. The first-order valence-electron chi connectivity index (χ1n) is 7.88. The molecule has 27 heavy (non-hydrogen) atoms. The van der Waals surface area contributed by atoms with E-state index in [1.54, 1.807) is 17.0 Å². The minimum Gasteiger partial charge on any atom is -0.279 e. The van der Waals surface area contributed by atoms with Gasteiger partial charge in [0.1, 0.15) is 10.2 Å². The molecule has 0 radical (unpaired) electrons. The Morgan fingerprint density at radius 3 is 2.56 bits per heavy atom. The van der Waals surface area contributed by atoms with Gasteiger partial charge in [-0.15, -0.1) is 11.3 Å². The summed E-state index contributed by atoms with van der Waals surface area (Å²) in [6.07, 6.45) is 0. The number of amides is 1. The van der Waals surface area contributed by atoms with Crippen molar-refractivity contribution in [2.45, 2.75) is 6.54 Å². The summed E-state index contributed by atoms with van der Waals surface area (Å²) in [5.74, 6) is -0.641. The van der Waals surface area contributed by atoms with E-state index >= 15 is 0 Å². The maximum Gasteiger partial charge on any atom is 0.262 e. The largest absolute Gasteiger partial charge is 0.279 e. The van der Waals surface area contributed by atoms with Crippen LogP contribution in [0, 0.1) is 5.82 Å². The molecule has 136 valence electrons. The second kappa shape index (κ2) is 7.56. The number of nitrogens with zero attached hydrogens (tertiary/aromatic N) is 2. The van der Waals surface area contributed by atoms with Crippen molar-refractivity contribution in [3.63, 3.8) is 0 Å². The van der Waals surface area contributed by atoms with Crippen molar-refractivity contribution in [1.29, 1.82) is 0 Å². The minimum atomic E-state index is -0.341. The van der Waals surface area contributed by atoms with Crippen LogP contribution in [0.15, 0.2) is 54.6 Å². The van der Waals surface area contributed by atoms with Gasteiger partial charge in [-0.2, -0.15) is 0 Å². The van der Waals surface area contributed by atoms with Gasteiger partial charge in [-0.25, -0.2) is 9.37 Å². The summed E-state index contributed by atoms with van der Waals surface area (Å²) in [7, 11) is 0. The summed E-state index contributed by atoms with van der Waals surface area (Å²) >= 11 is 14.6. The molecule has 0 saturated carbocycles. The number of thiazole rings is 1. The van der Waals surface area contributed by atoms with E-state index in [1.165, 1.54) is 23.5 Å². The molecule has 8 heteroatoms. The number of carbonyl (C=O) groups excluding carboxylic acids is 1. The summed E-state index contributed by atoms with van der Waals surface area (Å²) in [6.45, 7) is 0.311. The first-order valence-corrected chi connectivity index (χ1v) is 10.3. The molecule has 0 bridgehead atoms. The van der Waals surface area contributed by atoms with E-state index in [2.05, 4.69) is 4.98 Å². The van der Waals surface area contributed by atoms with Crippen LogP contribution in [0.4, 0.5) is 9.52 Å². The number of benzene rings is 2. The van der Waals surface area contributed by atoms with Crippen molar-refractivity contribution in [3.05, 3.63) is 80.2 Å². The Hall–Kier alpha value is -1.99. The Bertz CT molecular complexity index is 1130. The van der Waals surface area contributed by atoms with Crippen molar-refractivity contribution < 1.29 is 9.18 Å². The molecule has 3 nitrogen and oxygen atoms in total. The lowest BCUT2D eigenvalue weighted by molar-refractivity contribution is 0.0985. The van der Waals surface area contributed by atoms with Crippen LogP contribution in [0.2, 0.25) is 8.67 Å². The number of rotatable bonds is 4. The number of fused-ring (bicyclic) bond motifs is 1. The maximum atomic E-state index is 13.5. The second-order valence-electron chi connectivity index (χ2n) is 5.72. The molecule has 0 aliphatic carbocycles. The Kier molecular flexibility index (Phi) is 5.14. The van der Waals surface area contributed by atoms with Crippen LogP contribution < -0.4 is 4.90 Å². The first-order chi connectivity index (χ1) is 13.0. The standard InChI is InChI=1S/C19H11Cl2FN2OS2/c20-16-9-13(17(21)27-16)18(25)24(10-11-4-2-1-3-5-11)19-23-14-7-6-12(22)8-15(14)26-19/h1-9H,10H2. The number of hydrogen-bond acceptors (Lipinski definition) is 4. The molecule has 2 aromatic carbocycles. The lowest BCUT2D eigenvalue weighted by Crippen LogP contribution is -2.30. The molecule has 0 aliphatic heterocycles. The maximum absolute atomic E-state index is 13.5. The molecule has 2 heterocycles. The molecule has 2 aromatic heterocycles. The lowest BCUT2D eigenvalue weighted by Gasteiger charge is -2.19. The van der Waals surface area contributed by atoms with E-state index in [0.717, 1.165) is 16.9 Å². The summed E-state index contributed by atoms with van der Waals surface area (Å²) in [6, 6.07) is 15.5. The number of thiophene rings is 1. The van der Waals surface area contributed by atoms with Crippen LogP contribution in [0.25, 0.3) is 10.2 Å². The molecule has 0 N–H and O–H groups in total. The van der Waals surface area contributed by atoms with Gasteiger partial charge in [-0.05, 0) is 29.8 Å². The highest BCUT2D eigenvalue weighted by atomic mass is 35.5. The average Bonchev–Trinajstić information content (AvgIpc) is 3.22. The summed E-state index contributed by atoms with van der Waals surface area (Å²) in [5, 5.41) is 0.475. The average molecular weight is 437 g/mol. The zero-order chi connectivity index (χ0) is 19.0. The number of aromatic nitrogens is 1. The van der Waals surface area contributed by atoms with E-state index in [4.69, 9.17) is 23.2 Å². The van der Waals surface area contributed by atoms with E-state index in [0.29, 0.717) is 36.1 Å². The minimum absolute atomic E-state index is 0.300. The van der Waals surface area contributed by atoms with Crippen LogP contribution in [-0.2, 0) is 6.54 Å². The lowest BCUT2D eigenvalue weighted by atomic mass is 10.2. The van der Waals surface area contributed by atoms with Crippen molar-refractivity contribution in [1.82, 2.24) is 4.98 Å². The Morgan fingerprint density at radius 1 is 1.07 bits per heavy atom. The second-order valence-corrected chi connectivity index (χ2v) is 9.02. The molecule has 4 aromatic rings. The quantitative estimate of drug-likeness (QED) is 0.358. The van der Waals surface area contributed by atoms with Crippen LogP contribution in [-0.4, -0.2) is 10.9 Å². The molecule has 0 saturated heterocycles. The van der Waals surface area contributed by atoms with Gasteiger partial charge in [0.05, 0.1) is 26.7 Å². The number of halogens is 3. The van der Waals surface area contributed by atoms with E-state index < -0.39 is 0 Å². The molecular formula is C19H11Cl2FN2OS2. The number of carbonyl (C=O) groups is 1. The third-order valence-electron chi connectivity index (χ3n) is 3.89. The molecule has 1 amide bonds. The highest BCUT2D eigenvalue weighted by molar-refractivity contribution is 7.22. The monoisotopic (exact) mass is 436 g/mol. The Morgan fingerprint density at radius 2 is 1.85 bits per heavy atom. The fourth-order valence-corrected chi connectivity index (χ4v) is 5.06. The van der Waals surface area contributed by atoms with Crippen LogP contribution in [0.5, 0.6) is 0 Å². The van der Waals surface area contributed by atoms with Crippen molar-refractivity contribution >= 4 is 67.1 Å². The topological polar surface area (TPSA) is 33.2 Å². The van der Waals surface area contributed by atoms with Crippen LogP contribution >= 0.6 is 45.9 Å². The van der Waals surface area contributed by atoms with E-state index in [9.17, 15) is 9.18 Å². The van der Waals surface area contributed by atoms with Crippen molar-refractivity contribution in [2.75, 3.05) is 4.90 Å². The molecular weight excluding hydrogens is 426 g/mol. The van der Waals surface area contributed by atoms with Gasteiger partial charge in [-0.1, -0.05) is 64.9 Å². The first kappa shape index (κ1) is 18.4. The predicted molar refractivity (Wildman–Crippen MR) is 111 cm³/mol. The van der Waals surface area contributed by atoms with Gasteiger partial charge in [0.15, 0.2) is 5.13 Å². The summed E-state index contributed by atoms with van der Waals surface area (Å²) in [4.78, 5) is 19.3. The van der Waals surface area contributed by atoms with Gasteiger partial charge in [0, 0.05) is 0 Å². The summed E-state index contributed by atoms with van der Waals surface area (Å²) < 4.78 is 15.0. The van der Waals surface area contributed by atoms with Crippen LogP contribution in [0.1, 0.15) is 15.9 Å². The van der Waals surface area contributed by atoms with E-state index in [1.807, 2.05) is 30.3 Å². The zero-order valence-corrected chi connectivity index (χ0v) is 16.8. The van der Waals surface area contributed by atoms with Crippen LogP contribution in [0.3, 0.4) is 0 Å². The van der Waals surface area contributed by atoms with Gasteiger partial charge in [0.25, 0.3) is 5.91 Å². The smallest absolute Gasteiger partial charge is 0.262 e. The number of hydrogen-bond donors (Lipinski definition) is 0. The van der Waals surface area contributed by atoms with Gasteiger partial charge >= 0.3 is 0 Å². The van der Waals surface area contributed by atoms with Gasteiger partial charge in [0.2, 0.25) is 0 Å². The van der Waals surface area contributed by atoms with Crippen molar-refractivity contribution in [2.24, 2.45) is 0 Å². The molecule has 0 spiro atoms. The molecule has 0 atom stereocenters. The summed E-state index contributed by atoms with van der Waals surface area (Å²) in [5.41, 5.74) is 1.90. The van der Waals surface area contributed by atoms with E-state index in [-0.39, 0.29) is 11.7 Å².